The maximum Gasteiger partial charge on any atom is 0.339 e. The Labute approximate surface area is 82.3 Å². The largest absolute Gasteiger partial charge is 0.490 e. The summed E-state index contributed by atoms with van der Waals surface area (Å²) in [5, 5.41) is 8.91. The summed E-state index contributed by atoms with van der Waals surface area (Å²) >= 11 is 0. The molecule has 74 valence electrons. The van der Waals surface area contributed by atoms with Gasteiger partial charge < -0.3 is 9.84 Å². The van der Waals surface area contributed by atoms with Crippen LogP contribution in [0.1, 0.15) is 28.8 Å². The molecule has 1 saturated carbocycles. The van der Waals surface area contributed by atoms with Crippen LogP contribution in [-0.4, -0.2) is 17.2 Å². The van der Waals surface area contributed by atoms with E-state index >= 15 is 0 Å². The third-order valence-electron chi connectivity index (χ3n) is 2.19. The zero-order valence-electron chi connectivity index (χ0n) is 7.99. The van der Waals surface area contributed by atoms with Gasteiger partial charge in [-0.3, -0.25) is 0 Å². The second-order valence-corrected chi connectivity index (χ2v) is 3.62. The Balaban J connectivity index is 2.31. The Kier molecular flexibility index (Phi) is 2.15. The first-order chi connectivity index (χ1) is 6.66. The van der Waals surface area contributed by atoms with Gasteiger partial charge in [0.15, 0.2) is 0 Å². The summed E-state index contributed by atoms with van der Waals surface area (Å²) < 4.78 is 5.52. The highest BCUT2D eigenvalue weighted by molar-refractivity contribution is 5.91. The van der Waals surface area contributed by atoms with Crippen LogP contribution in [0.5, 0.6) is 5.75 Å². The molecule has 0 atom stereocenters. The molecule has 0 spiro atoms. The van der Waals surface area contributed by atoms with E-state index in [4.69, 9.17) is 9.84 Å². The first-order valence-electron chi connectivity index (χ1n) is 4.67. The lowest BCUT2D eigenvalue weighted by atomic mass is 10.1. The summed E-state index contributed by atoms with van der Waals surface area (Å²) in [4.78, 5) is 10.9. The van der Waals surface area contributed by atoms with Crippen LogP contribution in [0.15, 0.2) is 18.2 Å². The monoisotopic (exact) mass is 192 g/mol. The van der Waals surface area contributed by atoms with Crippen molar-refractivity contribution in [2.75, 3.05) is 0 Å². The van der Waals surface area contributed by atoms with E-state index in [2.05, 4.69) is 0 Å². The van der Waals surface area contributed by atoms with Gasteiger partial charge >= 0.3 is 5.97 Å². The molecule has 1 aliphatic carbocycles. The van der Waals surface area contributed by atoms with Crippen LogP contribution in [0, 0.1) is 6.92 Å². The molecule has 1 aromatic carbocycles. The van der Waals surface area contributed by atoms with Gasteiger partial charge in [-0.05, 0) is 37.5 Å². The molecule has 2 rings (SSSR count). The molecule has 14 heavy (non-hydrogen) atoms. The van der Waals surface area contributed by atoms with Crippen LogP contribution >= 0.6 is 0 Å². The molecule has 0 saturated heterocycles. The van der Waals surface area contributed by atoms with Gasteiger partial charge in [0.2, 0.25) is 0 Å². The molecule has 0 unspecified atom stereocenters. The normalized spacial score (nSPS) is 15.2. The Hall–Kier alpha value is -1.51. The van der Waals surface area contributed by atoms with Crippen LogP contribution < -0.4 is 4.74 Å². The van der Waals surface area contributed by atoms with Gasteiger partial charge in [-0.25, -0.2) is 4.79 Å². The molecule has 0 radical (unpaired) electrons. The zero-order chi connectivity index (χ0) is 10.1. The van der Waals surface area contributed by atoms with Crippen molar-refractivity contribution in [3.8, 4) is 5.75 Å². The van der Waals surface area contributed by atoms with E-state index in [1.54, 1.807) is 18.2 Å². The smallest absolute Gasteiger partial charge is 0.339 e. The minimum absolute atomic E-state index is 0.231. The summed E-state index contributed by atoms with van der Waals surface area (Å²) in [6.45, 7) is 1.92. The van der Waals surface area contributed by atoms with E-state index in [1.165, 1.54) is 0 Å². The Bertz CT molecular complexity index is 367. The molecule has 1 aliphatic rings. The van der Waals surface area contributed by atoms with Gasteiger partial charge in [0.1, 0.15) is 11.3 Å². The summed E-state index contributed by atoms with van der Waals surface area (Å²) in [5.41, 5.74) is 1.27. The summed E-state index contributed by atoms with van der Waals surface area (Å²) in [7, 11) is 0. The Morgan fingerprint density at radius 3 is 2.79 bits per heavy atom. The van der Waals surface area contributed by atoms with Gasteiger partial charge in [0.05, 0.1) is 6.10 Å². The van der Waals surface area contributed by atoms with Crippen LogP contribution in [0.3, 0.4) is 0 Å². The number of aromatic carboxylic acids is 1. The molecule has 1 aromatic rings. The lowest BCUT2D eigenvalue weighted by molar-refractivity contribution is 0.0692. The maximum atomic E-state index is 10.9. The van der Waals surface area contributed by atoms with E-state index < -0.39 is 5.97 Å². The predicted molar refractivity (Wildman–Crippen MR) is 51.8 cm³/mol. The van der Waals surface area contributed by atoms with E-state index in [9.17, 15) is 4.79 Å². The topological polar surface area (TPSA) is 46.5 Å². The molecular weight excluding hydrogens is 180 g/mol. The van der Waals surface area contributed by atoms with E-state index in [0.29, 0.717) is 5.75 Å². The molecule has 3 nitrogen and oxygen atoms in total. The van der Waals surface area contributed by atoms with Crippen molar-refractivity contribution in [3.05, 3.63) is 29.3 Å². The van der Waals surface area contributed by atoms with Gasteiger partial charge in [0, 0.05) is 0 Å². The maximum absolute atomic E-state index is 10.9. The number of aryl methyl sites for hydroxylation is 1. The molecular formula is C11H12O3. The number of rotatable bonds is 3. The van der Waals surface area contributed by atoms with Crippen molar-refractivity contribution in [3.63, 3.8) is 0 Å². The number of hydrogen-bond donors (Lipinski definition) is 1. The Morgan fingerprint density at radius 1 is 1.50 bits per heavy atom. The molecule has 0 heterocycles. The van der Waals surface area contributed by atoms with Gasteiger partial charge in [-0.2, -0.15) is 0 Å². The third-order valence-corrected chi connectivity index (χ3v) is 2.19. The summed E-state index contributed by atoms with van der Waals surface area (Å²) in [5.74, 6) is -0.430. The predicted octanol–water partition coefficient (Wildman–Crippen LogP) is 2.23. The van der Waals surface area contributed by atoms with Crippen LogP contribution in [0.25, 0.3) is 0 Å². The van der Waals surface area contributed by atoms with Gasteiger partial charge in [-0.1, -0.05) is 6.07 Å². The third kappa shape index (κ3) is 1.87. The number of hydrogen-bond acceptors (Lipinski definition) is 2. The molecule has 0 amide bonds. The zero-order valence-corrected chi connectivity index (χ0v) is 7.99. The van der Waals surface area contributed by atoms with Crippen molar-refractivity contribution in [2.45, 2.75) is 25.9 Å². The van der Waals surface area contributed by atoms with Gasteiger partial charge in [0.25, 0.3) is 0 Å². The second kappa shape index (κ2) is 3.33. The number of carboxylic acid groups (broad SMARTS) is 1. The highest BCUT2D eigenvalue weighted by atomic mass is 16.5. The highest BCUT2D eigenvalue weighted by Crippen LogP contribution is 2.29. The van der Waals surface area contributed by atoms with E-state index in [0.717, 1.165) is 18.4 Å². The number of carbonyl (C=O) groups is 1. The van der Waals surface area contributed by atoms with Crippen molar-refractivity contribution in [1.29, 1.82) is 0 Å². The Morgan fingerprint density at radius 2 is 2.21 bits per heavy atom. The fourth-order valence-corrected chi connectivity index (χ4v) is 1.27. The van der Waals surface area contributed by atoms with Crippen LogP contribution in [0.4, 0.5) is 0 Å². The van der Waals surface area contributed by atoms with Crippen LogP contribution in [-0.2, 0) is 0 Å². The first kappa shape index (κ1) is 9.06. The van der Waals surface area contributed by atoms with Crippen molar-refractivity contribution in [1.82, 2.24) is 0 Å². The SMILES string of the molecule is Cc1ccc(C(=O)O)c(OC2CC2)c1. The average molecular weight is 192 g/mol. The minimum atomic E-state index is -0.930. The number of carboxylic acids is 1. The van der Waals surface area contributed by atoms with Crippen molar-refractivity contribution < 1.29 is 14.6 Å². The average Bonchev–Trinajstić information content (AvgIpc) is 2.87. The standard InChI is InChI=1S/C11H12O3/c1-7-2-5-9(11(12)13)10(6-7)14-8-3-4-8/h2,5-6,8H,3-4H2,1H3,(H,12,13). The fourth-order valence-electron chi connectivity index (χ4n) is 1.27. The lowest BCUT2D eigenvalue weighted by Crippen LogP contribution is -2.04. The fraction of sp³-hybridized carbons (Fsp3) is 0.364. The van der Waals surface area contributed by atoms with Crippen LogP contribution in [0.2, 0.25) is 0 Å². The second-order valence-electron chi connectivity index (χ2n) is 3.62. The number of ether oxygens (including phenoxy) is 1. The van der Waals surface area contributed by atoms with E-state index in [1.807, 2.05) is 6.92 Å². The molecule has 3 heteroatoms. The summed E-state index contributed by atoms with van der Waals surface area (Å²) in [6, 6.07) is 5.15. The van der Waals surface area contributed by atoms with Gasteiger partial charge in [-0.15, -0.1) is 0 Å². The molecule has 0 aliphatic heterocycles. The first-order valence-corrected chi connectivity index (χ1v) is 4.67. The highest BCUT2D eigenvalue weighted by Gasteiger charge is 2.25. The molecule has 1 fully saturated rings. The van der Waals surface area contributed by atoms with Crippen molar-refractivity contribution >= 4 is 5.97 Å². The minimum Gasteiger partial charge on any atom is -0.490 e. The molecule has 0 bridgehead atoms. The molecule has 0 aromatic heterocycles. The van der Waals surface area contributed by atoms with Crippen molar-refractivity contribution in [2.24, 2.45) is 0 Å². The lowest BCUT2D eigenvalue weighted by Gasteiger charge is -2.08. The number of benzene rings is 1. The molecule has 1 N–H and O–H groups in total. The summed E-state index contributed by atoms with van der Waals surface area (Å²) in [6.07, 6.45) is 2.30. The van der Waals surface area contributed by atoms with E-state index in [-0.39, 0.29) is 11.7 Å². The quantitative estimate of drug-likeness (QED) is 0.798.